The van der Waals surface area contributed by atoms with Gasteiger partial charge >= 0.3 is 0 Å². The average molecular weight is 231 g/mol. The lowest BCUT2D eigenvalue weighted by molar-refractivity contribution is 0.0876. The lowest BCUT2D eigenvalue weighted by Crippen LogP contribution is -2.44. The van der Waals surface area contributed by atoms with Gasteiger partial charge in [-0.2, -0.15) is 0 Å². The number of ether oxygens (including phenoxy) is 1. The Bertz CT molecular complexity index is 147. The Morgan fingerprint density at radius 1 is 1.12 bits per heavy atom. The summed E-state index contributed by atoms with van der Waals surface area (Å²) < 4.78 is 5.56. The molecule has 0 bridgehead atoms. The molecule has 0 aromatic heterocycles. The number of aliphatic hydroxyl groups is 1. The van der Waals surface area contributed by atoms with Crippen molar-refractivity contribution in [2.45, 2.75) is 57.9 Å². The van der Waals surface area contributed by atoms with Crippen LogP contribution in [0, 0.1) is 0 Å². The van der Waals surface area contributed by atoms with Gasteiger partial charge < -0.3 is 15.2 Å². The highest BCUT2D eigenvalue weighted by Gasteiger charge is 2.19. The molecule has 0 aliphatic carbocycles. The molecule has 0 radical (unpaired) electrons. The van der Waals surface area contributed by atoms with E-state index in [0.29, 0.717) is 0 Å². The third-order valence-corrected chi connectivity index (χ3v) is 3.14. The summed E-state index contributed by atoms with van der Waals surface area (Å²) in [4.78, 5) is 0. The minimum atomic E-state index is -0.192. The zero-order valence-corrected chi connectivity index (χ0v) is 11.2. The molecular formula is C13H29NO2. The van der Waals surface area contributed by atoms with E-state index in [2.05, 4.69) is 12.2 Å². The van der Waals surface area contributed by atoms with Crippen molar-refractivity contribution in [2.24, 2.45) is 0 Å². The highest BCUT2D eigenvalue weighted by molar-refractivity contribution is 4.79. The van der Waals surface area contributed by atoms with Crippen molar-refractivity contribution in [3.8, 4) is 0 Å². The van der Waals surface area contributed by atoms with Crippen LogP contribution in [0.2, 0.25) is 0 Å². The van der Waals surface area contributed by atoms with Gasteiger partial charge in [-0.15, -0.1) is 0 Å². The maximum Gasteiger partial charge on any atom is 0.0611 e. The lowest BCUT2D eigenvalue weighted by Gasteiger charge is -2.26. The molecule has 0 saturated heterocycles. The van der Waals surface area contributed by atoms with E-state index in [0.717, 1.165) is 26.1 Å². The molecule has 1 atom stereocenters. The summed E-state index contributed by atoms with van der Waals surface area (Å²) in [7, 11) is 1.88. The first-order valence-corrected chi connectivity index (χ1v) is 6.56. The highest BCUT2D eigenvalue weighted by atomic mass is 16.5. The van der Waals surface area contributed by atoms with Crippen molar-refractivity contribution < 1.29 is 9.84 Å². The third-order valence-electron chi connectivity index (χ3n) is 3.14. The van der Waals surface area contributed by atoms with E-state index in [1.807, 2.05) is 14.0 Å². The molecule has 3 heteroatoms. The van der Waals surface area contributed by atoms with Crippen LogP contribution in [0.4, 0.5) is 0 Å². The molecule has 0 aromatic carbocycles. The SMILES string of the molecule is CCCCCCCOCCC(C)(CO)NC. The molecule has 0 fully saturated rings. The number of nitrogens with one attached hydrogen (secondary N) is 1. The van der Waals surface area contributed by atoms with Gasteiger partial charge in [-0.3, -0.25) is 0 Å². The van der Waals surface area contributed by atoms with E-state index in [1.165, 1.54) is 25.7 Å². The first-order chi connectivity index (χ1) is 7.68. The van der Waals surface area contributed by atoms with Crippen LogP contribution in [0.25, 0.3) is 0 Å². The van der Waals surface area contributed by atoms with E-state index < -0.39 is 0 Å². The van der Waals surface area contributed by atoms with Crippen LogP contribution in [0.5, 0.6) is 0 Å². The number of aliphatic hydroxyl groups excluding tert-OH is 1. The van der Waals surface area contributed by atoms with Crippen molar-refractivity contribution in [1.29, 1.82) is 0 Å². The fourth-order valence-electron chi connectivity index (χ4n) is 1.49. The summed E-state index contributed by atoms with van der Waals surface area (Å²) >= 11 is 0. The summed E-state index contributed by atoms with van der Waals surface area (Å²) in [6.07, 6.45) is 7.24. The number of unbranched alkanes of at least 4 members (excludes halogenated alkanes) is 4. The second-order valence-electron chi connectivity index (χ2n) is 4.75. The Morgan fingerprint density at radius 2 is 1.81 bits per heavy atom. The van der Waals surface area contributed by atoms with Crippen LogP contribution in [-0.4, -0.2) is 37.5 Å². The Balaban J connectivity index is 3.26. The quantitative estimate of drug-likeness (QED) is 0.536. The summed E-state index contributed by atoms with van der Waals surface area (Å²) in [5, 5.41) is 12.3. The van der Waals surface area contributed by atoms with Crippen molar-refractivity contribution in [1.82, 2.24) is 5.32 Å². The van der Waals surface area contributed by atoms with Crippen LogP contribution in [0.1, 0.15) is 52.4 Å². The van der Waals surface area contributed by atoms with Crippen molar-refractivity contribution in [2.75, 3.05) is 26.9 Å². The first-order valence-electron chi connectivity index (χ1n) is 6.56. The number of rotatable bonds is 11. The molecule has 0 amide bonds. The second kappa shape index (κ2) is 10.1. The molecule has 0 heterocycles. The van der Waals surface area contributed by atoms with E-state index >= 15 is 0 Å². The smallest absolute Gasteiger partial charge is 0.0611 e. The van der Waals surface area contributed by atoms with Gasteiger partial charge in [-0.25, -0.2) is 0 Å². The van der Waals surface area contributed by atoms with Gasteiger partial charge in [-0.1, -0.05) is 32.6 Å². The zero-order chi connectivity index (χ0) is 12.3. The maximum absolute atomic E-state index is 9.17. The fraction of sp³-hybridized carbons (Fsp3) is 1.00. The normalized spacial score (nSPS) is 15.0. The summed E-state index contributed by atoms with van der Waals surface area (Å²) in [6, 6.07) is 0. The minimum absolute atomic E-state index is 0.156. The van der Waals surface area contributed by atoms with Gasteiger partial charge in [0.1, 0.15) is 0 Å². The van der Waals surface area contributed by atoms with Crippen LogP contribution in [0.15, 0.2) is 0 Å². The molecule has 0 aliphatic rings. The average Bonchev–Trinajstić information content (AvgIpc) is 2.32. The first kappa shape index (κ1) is 15.9. The van der Waals surface area contributed by atoms with Gasteiger partial charge in [0.25, 0.3) is 0 Å². The van der Waals surface area contributed by atoms with Crippen molar-refractivity contribution in [3.05, 3.63) is 0 Å². The molecule has 3 nitrogen and oxygen atoms in total. The Hall–Kier alpha value is -0.120. The van der Waals surface area contributed by atoms with Crippen molar-refractivity contribution >= 4 is 0 Å². The van der Waals surface area contributed by atoms with Crippen LogP contribution in [-0.2, 0) is 4.74 Å². The van der Waals surface area contributed by atoms with Crippen molar-refractivity contribution in [3.63, 3.8) is 0 Å². The minimum Gasteiger partial charge on any atom is -0.394 e. The largest absolute Gasteiger partial charge is 0.394 e. The van der Waals surface area contributed by atoms with Gasteiger partial charge in [0.05, 0.1) is 6.61 Å². The molecule has 0 aromatic rings. The lowest BCUT2D eigenvalue weighted by atomic mass is 10.0. The Morgan fingerprint density at radius 3 is 2.38 bits per heavy atom. The predicted molar refractivity (Wildman–Crippen MR) is 68.7 cm³/mol. The van der Waals surface area contributed by atoms with E-state index in [-0.39, 0.29) is 12.1 Å². The molecule has 2 N–H and O–H groups in total. The van der Waals surface area contributed by atoms with Crippen LogP contribution < -0.4 is 5.32 Å². The van der Waals surface area contributed by atoms with E-state index in [4.69, 9.17) is 9.84 Å². The summed E-state index contributed by atoms with van der Waals surface area (Å²) in [5.41, 5.74) is -0.192. The zero-order valence-electron chi connectivity index (χ0n) is 11.2. The third kappa shape index (κ3) is 8.08. The molecule has 0 rings (SSSR count). The monoisotopic (exact) mass is 231 g/mol. The van der Waals surface area contributed by atoms with Gasteiger partial charge in [0, 0.05) is 18.8 Å². The molecular weight excluding hydrogens is 202 g/mol. The van der Waals surface area contributed by atoms with E-state index in [1.54, 1.807) is 0 Å². The molecule has 0 saturated carbocycles. The molecule has 0 aliphatic heterocycles. The van der Waals surface area contributed by atoms with Gasteiger partial charge in [-0.05, 0) is 26.8 Å². The van der Waals surface area contributed by atoms with E-state index in [9.17, 15) is 0 Å². The molecule has 1 unspecified atom stereocenters. The van der Waals surface area contributed by atoms with Crippen LogP contribution in [0.3, 0.4) is 0 Å². The maximum atomic E-state index is 9.17. The highest BCUT2D eigenvalue weighted by Crippen LogP contribution is 2.08. The Labute approximate surface area is 101 Å². The topological polar surface area (TPSA) is 41.5 Å². The summed E-state index contributed by atoms with van der Waals surface area (Å²) in [5.74, 6) is 0. The molecule has 16 heavy (non-hydrogen) atoms. The fourth-order valence-corrected chi connectivity index (χ4v) is 1.49. The van der Waals surface area contributed by atoms with Gasteiger partial charge in [0.2, 0.25) is 0 Å². The Kier molecular flexibility index (Phi) is 9.99. The molecule has 0 spiro atoms. The number of hydrogen-bond donors (Lipinski definition) is 2. The number of likely N-dealkylation sites (N-methyl/N-ethyl adjacent to an activating group) is 1. The summed E-state index contributed by atoms with van der Waals surface area (Å²) in [6.45, 7) is 5.98. The predicted octanol–water partition coefficient (Wildman–Crippen LogP) is 2.33. The number of hydrogen-bond acceptors (Lipinski definition) is 3. The molecule has 98 valence electrons. The standard InChI is InChI=1S/C13H29NO2/c1-4-5-6-7-8-10-16-11-9-13(2,12-15)14-3/h14-15H,4-12H2,1-3H3. The second-order valence-corrected chi connectivity index (χ2v) is 4.75. The van der Waals surface area contributed by atoms with Crippen LogP contribution >= 0.6 is 0 Å². The van der Waals surface area contributed by atoms with Gasteiger partial charge in [0.15, 0.2) is 0 Å².